The molecule has 4 heteroatoms. The third kappa shape index (κ3) is 1.40. The molecule has 0 spiro atoms. The molecule has 0 amide bonds. The molecule has 3 fully saturated rings. The summed E-state index contributed by atoms with van der Waals surface area (Å²) in [4.78, 5) is 0. The second kappa shape index (κ2) is 3.51. The van der Waals surface area contributed by atoms with Gasteiger partial charge in [-0.3, -0.25) is 0 Å². The number of fused-ring (bicyclic) bond motifs is 2. The Bertz CT molecular complexity index is 222. The van der Waals surface area contributed by atoms with Gasteiger partial charge in [-0.15, -0.1) is 0 Å². The van der Waals surface area contributed by atoms with E-state index in [4.69, 9.17) is 10.4 Å². The second-order valence-corrected chi connectivity index (χ2v) is 5.17. The van der Waals surface area contributed by atoms with Crippen LogP contribution in [0, 0.1) is 17.3 Å². The fraction of sp³-hybridized carbons (Fsp3) is 1.00. The fourth-order valence-electron chi connectivity index (χ4n) is 3.06. The molecule has 0 saturated heterocycles. The number of hydrogen-bond acceptors (Lipinski definition) is 3. The topological polar surface area (TPSA) is 55.5 Å². The van der Waals surface area contributed by atoms with Crippen molar-refractivity contribution in [1.29, 1.82) is 0 Å². The van der Waals surface area contributed by atoms with Gasteiger partial charge < -0.3 is 15.5 Å². The first-order chi connectivity index (χ1) is 6.57. The van der Waals surface area contributed by atoms with E-state index in [1.54, 1.807) is 7.48 Å². The molecule has 4 atom stereocenters. The van der Waals surface area contributed by atoms with Gasteiger partial charge in [-0.2, -0.15) is 0 Å². The summed E-state index contributed by atoms with van der Waals surface area (Å²) < 4.78 is 5.53. The summed E-state index contributed by atoms with van der Waals surface area (Å²) in [5, 5.41) is 9.84. The smallest absolute Gasteiger partial charge is 0.307 e. The van der Waals surface area contributed by atoms with Crippen LogP contribution in [0.3, 0.4) is 0 Å². The highest BCUT2D eigenvalue weighted by Crippen LogP contribution is 2.59. The summed E-state index contributed by atoms with van der Waals surface area (Å²) in [6, 6.07) is 0. The van der Waals surface area contributed by atoms with Crippen molar-refractivity contribution in [2.75, 3.05) is 6.44 Å². The Morgan fingerprint density at radius 1 is 1.50 bits per heavy atom. The van der Waals surface area contributed by atoms with Crippen LogP contribution >= 0.6 is 0 Å². The molecule has 14 heavy (non-hydrogen) atoms. The molecule has 79 valence electrons. The Labute approximate surface area is 86.3 Å². The lowest BCUT2D eigenvalue weighted by atomic mass is 9.47. The Kier molecular flexibility index (Phi) is 2.62. The van der Waals surface area contributed by atoms with Crippen molar-refractivity contribution in [3.05, 3.63) is 0 Å². The van der Waals surface area contributed by atoms with Gasteiger partial charge in [-0.25, -0.2) is 0 Å². The van der Waals surface area contributed by atoms with Crippen LogP contribution in [0.15, 0.2) is 0 Å². The van der Waals surface area contributed by atoms with Gasteiger partial charge >= 0.3 is 7.48 Å². The molecular formula is C10H19BNO2. The summed E-state index contributed by atoms with van der Waals surface area (Å²) in [5.41, 5.74) is 5.69. The molecule has 2 bridgehead atoms. The molecule has 3 rings (SSSR count). The summed E-state index contributed by atoms with van der Waals surface area (Å²) in [6.45, 7) is 4.55. The molecule has 3 saturated carbocycles. The van der Waals surface area contributed by atoms with Crippen LogP contribution in [0.25, 0.3) is 0 Å². The predicted molar refractivity (Wildman–Crippen MR) is 55.7 cm³/mol. The molecule has 3 N–H and O–H groups in total. The van der Waals surface area contributed by atoms with Gasteiger partial charge in [0.2, 0.25) is 0 Å². The molecule has 3 aliphatic carbocycles. The molecule has 0 aromatic rings. The van der Waals surface area contributed by atoms with Crippen molar-refractivity contribution in [3.63, 3.8) is 0 Å². The van der Waals surface area contributed by atoms with E-state index in [1.807, 2.05) is 0 Å². The second-order valence-electron chi connectivity index (χ2n) is 5.17. The maximum Gasteiger partial charge on any atom is 0.307 e. The molecular weight excluding hydrogens is 177 g/mol. The van der Waals surface area contributed by atoms with Crippen LogP contribution in [-0.4, -0.2) is 31.2 Å². The molecule has 0 heterocycles. The Morgan fingerprint density at radius 3 is 2.79 bits per heavy atom. The molecule has 3 aliphatic rings. The molecule has 1 radical (unpaired) electrons. The van der Waals surface area contributed by atoms with E-state index in [0.717, 1.165) is 6.42 Å². The van der Waals surface area contributed by atoms with Crippen molar-refractivity contribution >= 4 is 7.48 Å². The highest BCUT2D eigenvalue weighted by Gasteiger charge is 2.57. The number of hydrogen-bond donors (Lipinski definition) is 2. The highest BCUT2D eigenvalue weighted by atomic mass is 16.5. The van der Waals surface area contributed by atoms with Gasteiger partial charge in [-0.1, -0.05) is 13.8 Å². The third-order valence-corrected chi connectivity index (χ3v) is 4.20. The zero-order chi connectivity index (χ0) is 10.3. The van der Waals surface area contributed by atoms with Crippen molar-refractivity contribution in [2.24, 2.45) is 23.0 Å². The summed E-state index contributed by atoms with van der Waals surface area (Å²) in [6.07, 6.45) is 2.17. The van der Waals surface area contributed by atoms with Gasteiger partial charge in [0, 0.05) is 0 Å². The average molecular weight is 196 g/mol. The number of nitrogens with two attached hydrogens (primary N) is 1. The lowest BCUT2D eigenvalue weighted by molar-refractivity contribution is -0.183. The Morgan fingerprint density at radius 2 is 2.21 bits per heavy atom. The van der Waals surface area contributed by atoms with E-state index in [9.17, 15) is 5.11 Å². The van der Waals surface area contributed by atoms with E-state index in [-0.39, 0.29) is 12.2 Å². The maximum atomic E-state index is 9.84. The molecule has 3 nitrogen and oxygen atoms in total. The summed E-state index contributed by atoms with van der Waals surface area (Å²) in [5.74, 6) is 1.18. The first-order valence-electron chi connectivity index (χ1n) is 5.42. The predicted octanol–water partition coefficient (Wildman–Crippen LogP) is 0.334. The first kappa shape index (κ1) is 10.5. The average Bonchev–Trinajstić information content (AvgIpc) is 2.15. The Hall–Kier alpha value is -0.0551. The first-order valence-corrected chi connectivity index (χ1v) is 5.42. The van der Waals surface area contributed by atoms with Gasteiger partial charge in [-0.05, 0) is 36.5 Å². The van der Waals surface area contributed by atoms with Crippen LogP contribution in [0.1, 0.15) is 26.7 Å². The normalized spacial score (nSPS) is 44.3. The van der Waals surface area contributed by atoms with E-state index in [1.165, 1.54) is 6.42 Å². The third-order valence-electron chi connectivity index (χ3n) is 4.20. The van der Waals surface area contributed by atoms with Gasteiger partial charge in [0.05, 0.1) is 12.2 Å². The van der Waals surface area contributed by atoms with Gasteiger partial charge in [0.1, 0.15) is 0 Å². The van der Waals surface area contributed by atoms with E-state index < -0.39 is 0 Å². The van der Waals surface area contributed by atoms with Crippen LogP contribution in [0.4, 0.5) is 0 Å². The molecule has 0 aromatic carbocycles. The van der Waals surface area contributed by atoms with Crippen molar-refractivity contribution in [2.45, 2.75) is 38.9 Å². The lowest BCUT2D eigenvalue weighted by Crippen LogP contribution is -2.61. The van der Waals surface area contributed by atoms with Crippen molar-refractivity contribution in [1.82, 2.24) is 0 Å². The minimum absolute atomic E-state index is 0.0291. The van der Waals surface area contributed by atoms with E-state index in [2.05, 4.69) is 13.8 Å². The fourth-order valence-corrected chi connectivity index (χ4v) is 3.06. The lowest BCUT2D eigenvalue weighted by Gasteiger charge is -2.61. The summed E-state index contributed by atoms with van der Waals surface area (Å²) in [7, 11) is 1.61. The zero-order valence-corrected chi connectivity index (χ0v) is 8.94. The monoisotopic (exact) mass is 196 g/mol. The van der Waals surface area contributed by atoms with Crippen LogP contribution in [0.5, 0.6) is 0 Å². The molecule has 0 aromatic heterocycles. The van der Waals surface area contributed by atoms with Gasteiger partial charge in [0.25, 0.3) is 0 Å². The molecule has 0 aliphatic heterocycles. The highest BCUT2D eigenvalue weighted by molar-refractivity contribution is 6.27. The van der Waals surface area contributed by atoms with Crippen molar-refractivity contribution in [3.8, 4) is 0 Å². The van der Waals surface area contributed by atoms with Crippen LogP contribution < -0.4 is 5.73 Å². The quantitative estimate of drug-likeness (QED) is 0.639. The van der Waals surface area contributed by atoms with Crippen molar-refractivity contribution < 1.29 is 9.76 Å². The summed E-state index contributed by atoms with van der Waals surface area (Å²) >= 11 is 0. The standard InChI is InChI=1S/C10H19BNO2/c1-10(2)6-3-7(10)9(8(13)4-6)14-11-5-12/h6-9,13H,3-5,12H2,1-2H3/t6-,7+,8?,9?/m0/s1. The minimum Gasteiger partial charge on any atom is -0.433 e. The number of rotatable bonds is 3. The maximum absolute atomic E-state index is 9.84. The number of aliphatic hydroxyl groups is 1. The minimum atomic E-state index is -0.297. The van der Waals surface area contributed by atoms with E-state index in [0.29, 0.717) is 23.7 Å². The zero-order valence-electron chi connectivity index (χ0n) is 8.94. The van der Waals surface area contributed by atoms with Crippen LogP contribution in [0.2, 0.25) is 0 Å². The van der Waals surface area contributed by atoms with Crippen LogP contribution in [-0.2, 0) is 4.65 Å². The largest absolute Gasteiger partial charge is 0.433 e. The SMILES string of the molecule is CC1(C)[C@@H]2CC(O)C(O[B]CN)[C@H]1C2. The Balaban J connectivity index is 2.00. The molecule has 2 unspecified atom stereocenters. The van der Waals surface area contributed by atoms with Gasteiger partial charge in [0.15, 0.2) is 0 Å². The van der Waals surface area contributed by atoms with E-state index >= 15 is 0 Å². The number of aliphatic hydroxyl groups excluding tert-OH is 1.